The van der Waals surface area contributed by atoms with Gasteiger partial charge in [0.2, 0.25) is 0 Å². The van der Waals surface area contributed by atoms with Gasteiger partial charge in [0.05, 0.1) is 19.0 Å². The number of rotatable bonds is 3. The van der Waals surface area contributed by atoms with E-state index in [-0.39, 0.29) is 0 Å². The molecule has 3 rings (SSSR count). The lowest BCUT2D eigenvalue weighted by Crippen LogP contribution is -2.58. The minimum atomic E-state index is -0.555. The fraction of sp³-hybridized carbons (Fsp3) is 0.667. The zero-order chi connectivity index (χ0) is 18.1. The van der Waals surface area contributed by atoms with Crippen LogP contribution in [0.1, 0.15) is 33.6 Å². The first-order valence-electron chi connectivity index (χ1n) is 8.67. The van der Waals surface area contributed by atoms with Crippen LogP contribution >= 0.6 is 0 Å². The summed E-state index contributed by atoms with van der Waals surface area (Å²) in [7, 11) is 1.55. The summed E-state index contributed by atoms with van der Waals surface area (Å²) in [5.74, 6) is 1.35. The maximum Gasteiger partial charge on any atom is 0.412 e. The van der Waals surface area contributed by atoms with E-state index in [2.05, 4.69) is 15.2 Å². The molecule has 0 aliphatic carbocycles. The highest BCUT2D eigenvalue weighted by Crippen LogP contribution is 2.42. The smallest absolute Gasteiger partial charge is 0.412 e. The van der Waals surface area contributed by atoms with Gasteiger partial charge in [-0.25, -0.2) is 9.78 Å². The average Bonchev–Trinajstić information content (AvgIpc) is 2.51. The van der Waals surface area contributed by atoms with Gasteiger partial charge < -0.3 is 19.1 Å². The molecule has 2 aliphatic rings. The van der Waals surface area contributed by atoms with Crippen molar-refractivity contribution in [1.82, 2.24) is 4.98 Å². The number of pyridine rings is 1. The third kappa shape index (κ3) is 4.15. The number of anilines is 2. The summed E-state index contributed by atoms with van der Waals surface area (Å²) in [5, 5.41) is 2.76. The number of carbonyl (C=O) groups is 1. The number of amides is 1. The normalized spacial score (nSPS) is 19.3. The van der Waals surface area contributed by atoms with Crippen molar-refractivity contribution in [2.24, 2.45) is 5.41 Å². The molecule has 25 heavy (non-hydrogen) atoms. The van der Waals surface area contributed by atoms with Gasteiger partial charge in [0.15, 0.2) is 5.75 Å². The lowest BCUT2D eigenvalue weighted by molar-refractivity contribution is -0.000458. The number of methoxy groups -OCH3 is 1. The van der Waals surface area contributed by atoms with Crippen molar-refractivity contribution < 1.29 is 19.0 Å². The van der Waals surface area contributed by atoms with Gasteiger partial charge in [-0.15, -0.1) is 0 Å². The summed E-state index contributed by atoms with van der Waals surface area (Å²) in [4.78, 5) is 18.8. The summed E-state index contributed by atoms with van der Waals surface area (Å²) >= 11 is 0. The Kier molecular flexibility index (Phi) is 4.77. The van der Waals surface area contributed by atoms with Gasteiger partial charge in [-0.2, -0.15) is 0 Å². The number of carbonyl (C=O) groups excluding carboxylic acids is 1. The Morgan fingerprint density at radius 2 is 2.00 bits per heavy atom. The van der Waals surface area contributed by atoms with Gasteiger partial charge in [-0.1, -0.05) is 0 Å². The summed E-state index contributed by atoms with van der Waals surface area (Å²) in [5.41, 5.74) is 0.369. The standard InChI is InChI=1S/C18H27N3O4/c1-17(2,3)25-16(22)20-13-9-15(19-10-14(13)23-4)21-11-18(12-21)5-7-24-8-6-18/h9-10H,5-8,11-12H2,1-4H3,(H,19,20,22). The van der Waals surface area contributed by atoms with E-state index < -0.39 is 11.7 Å². The molecule has 0 unspecified atom stereocenters. The van der Waals surface area contributed by atoms with Crippen LogP contribution in [0, 0.1) is 5.41 Å². The van der Waals surface area contributed by atoms with Crippen LogP contribution in [0.25, 0.3) is 0 Å². The molecule has 1 N–H and O–H groups in total. The second kappa shape index (κ2) is 6.71. The van der Waals surface area contributed by atoms with Gasteiger partial charge in [-0.05, 0) is 33.6 Å². The molecule has 1 aromatic rings. The van der Waals surface area contributed by atoms with Crippen LogP contribution in [0.3, 0.4) is 0 Å². The van der Waals surface area contributed by atoms with E-state index in [1.54, 1.807) is 13.3 Å². The van der Waals surface area contributed by atoms with E-state index in [0.717, 1.165) is 45.0 Å². The summed E-state index contributed by atoms with van der Waals surface area (Å²) in [6.45, 7) is 9.12. The van der Waals surface area contributed by atoms with Gasteiger partial charge in [0.25, 0.3) is 0 Å². The Labute approximate surface area is 148 Å². The quantitative estimate of drug-likeness (QED) is 0.904. The zero-order valence-electron chi connectivity index (χ0n) is 15.4. The van der Waals surface area contributed by atoms with Crippen LogP contribution in [0.15, 0.2) is 12.3 Å². The van der Waals surface area contributed by atoms with Crippen LogP contribution in [-0.4, -0.2) is 50.1 Å². The first-order valence-corrected chi connectivity index (χ1v) is 8.67. The zero-order valence-corrected chi connectivity index (χ0v) is 15.4. The molecule has 0 aromatic carbocycles. The fourth-order valence-electron chi connectivity index (χ4n) is 3.32. The predicted molar refractivity (Wildman–Crippen MR) is 95.3 cm³/mol. The van der Waals surface area contributed by atoms with Crippen molar-refractivity contribution in [2.75, 3.05) is 43.6 Å². The van der Waals surface area contributed by atoms with E-state index in [9.17, 15) is 4.79 Å². The second-order valence-corrected chi connectivity index (χ2v) is 7.84. The molecule has 7 nitrogen and oxygen atoms in total. The number of aromatic nitrogens is 1. The number of nitrogens with zero attached hydrogens (tertiary/aromatic N) is 2. The van der Waals surface area contributed by atoms with Gasteiger partial charge >= 0.3 is 6.09 Å². The van der Waals surface area contributed by atoms with E-state index in [1.165, 1.54) is 0 Å². The van der Waals surface area contributed by atoms with Crippen molar-refractivity contribution in [2.45, 2.75) is 39.2 Å². The van der Waals surface area contributed by atoms with Crippen molar-refractivity contribution in [1.29, 1.82) is 0 Å². The minimum absolute atomic E-state index is 0.360. The third-order valence-corrected chi connectivity index (χ3v) is 4.64. The number of hydrogen-bond donors (Lipinski definition) is 1. The van der Waals surface area contributed by atoms with Gasteiger partial charge in [0, 0.05) is 37.8 Å². The summed E-state index contributed by atoms with van der Waals surface area (Å²) in [6.07, 6.45) is 3.33. The molecule has 3 heterocycles. The number of nitrogens with one attached hydrogen (secondary N) is 1. The lowest BCUT2D eigenvalue weighted by Gasteiger charge is -2.52. The molecule has 1 amide bonds. The number of ether oxygens (including phenoxy) is 3. The fourth-order valence-corrected chi connectivity index (χ4v) is 3.32. The number of hydrogen-bond acceptors (Lipinski definition) is 6. The van der Waals surface area contributed by atoms with Crippen LogP contribution in [0.4, 0.5) is 16.3 Å². The van der Waals surface area contributed by atoms with Crippen LogP contribution < -0.4 is 15.0 Å². The maximum absolute atomic E-state index is 12.1. The minimum Gasteiger partial charge on any atom is -0.493 e. The molecule has 138 valence electrons. The van der Waals surface area contributed by atoms with Crippen molar-refractivity contribution in [3.05, 3.63) is 12.3 Å². The molecule has 0 radical (unpaired) electrons. The van der Waals surface area contributed by atoms with Gasteiger partial charge in [0.1, 0.15) is 11.4 Å². The highest BCUT2D eigenvalue weighted by atomic mass is 16.6. The molecule has 2 saturated heterocycles. The average molecular weight is 349 g/mol. The Hall–Kier alpha value is -2.02. The Morgan fingerprint density at radius 3 is 2.60 bits per heavy atom. The van der Waals surface area contributed by atoms with E-state index in [0.29, 0.717) is 16.9 Å². The van der Waals surface area contributed by atoms with Crippen molar-refractivity contribution in [3.8, 4) is 5.75 Å². The highest BCUT2D eigenvalue weighted by Gasteiger charge is 2.44. The van der Waals surface area contributed by atoms with Crippen LogP contribution in [0.2, 0.25) is 0 Å². The van der Waals surface area contributed by atoms with Crippen LogP contribution in [0.5, 0.6) is 5.75 Å². The molecule has 0 bridgehead atoms. The molecule has 0 atom stereocenters. The second-order valence-electron chi connectivity index (χ2n) is 7.84. The Morgan fingerprint density at radius 1 is 1.32 bits per heavy atom. The van der Waals surface area contributed by atoms with Crippen molar-refractivity contribution in [3.63, 3.8) is 0 Å². The molecule has 1 spiro atoms. The molecule has 0 saturated carbocycles. The highest BCUT2D eigenvalue weighted by molar-refractivity contribution is 5.87. The van der Waals surface area contributed by atoms with E-state index >= 15 is 0 Å². The first kappa shape index (κ1) is 17.8. The third-order valence-electron chi connectivity index (χ3n) is 4.64. The largest absolute Gasteiger partial charge is 0.493 e. The summed E-state index contributed by atoms with van der Waals surface area (Å²) < 4.78 is 16.1. The van der Waals surface area contributed by atoms with E-state index in [4.69, 9.17) is 14.2 Å². The molecule has 7 heteroatoms. The SMILES string of the molecule is COc1cnc(N2CC3(CCOCC3)C2)cc1NC(=O)OC(C)(C)C. The predicted octanol–water partition coefficient (Wildman–Crippen LogP) is 3.05. The maximum atomic E-state index is 12.1. The van der Waals surface area contributed by atoms with E-state index in [1.807, 2.05) is 26.8 Å². The van der Waals surface area contributed by atoms with Gasteiger partial charge in [-0.3, -0.25) is 5.32 Å². The molecule has 1 aromatic heterocycles. The van der Waals surface area contributed by atoms with Crippen LogP contribution in [-0.2, 0) is 9.47 Å². The molecule has 2 fully saturated rings. The lowest BCUT2D eigenvalue weighted by atomic mass is 9.73. The monoisotopic (exact) mass is 349 g/mol. The van der Waals surface area contributed by atoms with Crippen molar-refractivity contribution >= 4 is 17.6 Å². The Balaban J connectivity index is 1.69. The first-order chi connectivity index (χ1) is 11.8. The Bertz CT molecular complexity index is 628. The molecular weight excluding hydrogens is 322 g/mol. The topological polar surface area (TPSA) is 72.9 Å². The molecular formula is C18H27N3O4. The summed E-state index contributed by atoms with van der Waals surface area (Å²) in [6, 6.07) is 1.84. The molecule has 2 aliphatic heterocycles.